The van der Waals surface area contributed by atoms with Crippen LogP contribution in [0.15, 0.2) is 36.5 Å². The van der Waals surface area contributed by atoms with Crippen molar-refractivity contribution in [2.24, 2.45) is 0 Å². The molecule has 0 unspecified atom stereocenters. The molecule has 63 valence electrons. The molecule has 1 aromatic heterocycles. The Labute approximate surface area is 86.7 Å². The first-order chi connectivity index (χ1) is 6.42. The van der Waals surface area contributed by atoms with Gasteiger partial charge in [0.25, 0.3) is 0 Å². The van der Waals surface area contributed by atoms with Crippen molar-refractivity contribution in [1.82, 2.24) is 4.98 Å². The summed E-state index contributed by atoms with van der Waals surface area (Å²) in [4.78, 5) is 4.23. The third-order valence-electron chi connectivity index (χ3n) is 1.77. The number of rotatable bonds is 2. The molecule has 0 atom stereocenters. The van der Waals surface area contributed by atoms with Crippen molar-refractivity contribution < 1.29 is 3.79 Å². The molecule has 2 rings (SSSR count). The van der Waals surface area contributed by atoms with Crippen LogP contribution in [0.3, 0.4) is 0 Å². The lowest BCUT2D eigenvalue weighted by Gasteiger charge is -2.05. The topological polar surface area (TPSA) is 22.1 Å². The first kappa shape index (κ1) is 8.83. The molecule has 0 bridgehead atoms. The number of halogens is 1. The molecule has 1 radical (unpaired) electrons. The zero-order chi connectivity index (χ0) is 9.10. The van der Waals surface area contributed by atoms with Crippen LogP contribution >= 0.6 is 10.0 Å². The molecule has 1 aromatic carbocycles. The van der Waals surface area contributed by atoms with Crippen LogP contribution in [0.2, 0.25) is 0 Å². The van der Waals surface area contributed by atoms with E-state index in [4.69, 9.17) is 13.8 Å². The molecule has 4 heteroatoms. The molecule has 0 amide bonds. The quantitative estimate of drug-likeness (QED) is 0.704. The first-order valence-electron chi connectivity index (χ1n) is 3.84. The van der Waals surface area contributed by atoms with Crippen molar-refractivity contribution in [3.8, 4) is 5.75 Å². The maximum absolute atomic E-state index is 5.57. The van der Waals surface area contributed by atoms with Gasteiger partial charge in [-0.25, -0.2) is 10.0 Å². The average molecular weight is 207 g/mol. The Kier molecular flexibility index (Phi) is 2.70. The molecule has 0 aliphatic rings. The SMILES string of the molecule is [Cl][Al][O]c1cccc2cccnc12. The Balaban J connectivity index is 2.61. The third-order valence-corrected chi connectivity index (χ3v) is 2.38. The predicted molar refractivity (Wildman–Crippen MR) is 54.0 cm³/mol. The summed E-state index contributed by atoms with van der Waals surface area (Å²) in [6.07, 6.45) is 1.75. The number of hydrogen-bond donors (Lipinski definition) is 0. The molecule has 0 spiro atoms. The Morgan fingerprint density at radius 2 is 2.08 bits per heavy atom. The molecular weight excluding hydrogens is 201 g/mol. The highest BCUT2D eigenvalue weighted by molar-refractivity contribution is 6.90. The highest BCUT2D eigenvalue weighted by Crippen LogP contribution is 2.22. The van der Waals surface area contributed by atoms with E-state index in [0.717, 1.165) is 16.7 Å². The summed E-state index contributed by atoms with van der Waals surface area (Å²) >= 11 is -0.505. The van der Waals surface area contributed by atoms with Gasteiger partial charge in [0.05, 0.1) is 0 Å². The summed E-state index contributed by atoms with van der Waals surface area (Å²) in [7, 11) is 5.57. The molecule has 0 saturated carbocycles. The highest BCUT2D eigenvalue weighted by atomic mass is 35.6. The Morgan fingerprint density at radius 3 is 2.92 bits per heavy atom. The maximum Gasteiger partial charge on any atom is 0.673 e. The molecule has 0 fully saturated rings. The standard InChI is InChI=1S/C9H7NO.Al.ClH/c11-8-5-1-3-7-4-2-6-10-9(7)8;;/h1-6,11H;;1H/q;+2;/p-2. The average Bonchev–Trinajstić information content (AvgIpc) is 2.19. The van der Waals surface area contributed by atoms with Crippen LogP contribution in [0.1, 0.15) is 0 Å². The van der Waals surface area contributed by atoms with E-state index in [0.29, 0.717) is 0 Å². The van der Waals surface area contributed by atoms with Crippen molar-refractivity contribution in [1.29, 1.82) is 0 Å². The molecular formula is C9H6AlClNO. The molecule has 0 aliphatic heterocycles. The van der Waals surface area contributed by atoms with Crippen LogP contribution in [-0.4, -0.2) is 19.6 Å². The molecule has 1 heterocycles. The smallest absolute Gasteiger partial charge is 0.635 e. The monoisotopic (exact) mass is 206 g/mol. The minimum Gasteiger partial charge on any atom is -0.635 e. The Hall–Kier alpha value is -0.748. The van der Waals surface area contributed by atoms with E-state index in [1.165, 1.54) is 0 Å². The summed E-state index contributed by atoms with van der Waals surface area (Å²) in [6.45, 7) is 0. The van der Waals surface area contributed by atoms with Crippen molar-refractivity contribution in [2.45, 2.75) is 0 Å². The van der Waals surface area contributed by atoms with E-state index in [1.54, 1.807) is 6.20 Å². The van der Waals surface area contributed by atoms with Gasteiger partial charge in [0, 0.05) is 11.6 Å². The van der Waals surface area contributed by atoms with Crippen LogP contribution in [0.25, 0.3) is 10.9 Å². The second kappa shape index (κ2) is 3.97. The van der Waals surface area contributed by atoms with Gasteiger partial charge in [-0.3, -0.25) is 4.98 Å². The third kappa shape index (κ3) is 1.78. The van der Waals surface area contributed by atoms with E-state index in [2.05, 4.69) is 4.98 Å². The second-order valence-corrected chi connectivity index (χ2v) is 3.49. The Bertz CT molecular complexity index is 416. The molecule has 2 aromatic rings. The number of pyridine rings is 1. The fourth-order valence-electron chi connectivity index (χ4n) is 1.22. The van der Waals surface area contributed by atoms with Crippen LogP contribution in [0.5, 0.6) is 5.75 Å². The minimum absolute atomic E-state index is 0.505. The van der Waals surface area contributed by atoms with Crippen molar-refractivity contribution >= 4 is 35.6 Å². The van der Waals surface area contributed by atoms with Gasteiger partial charge in [-0.1, -0.05) is 18.2 Å². The van der Waals surface area contributed by atoms with Gasteiger partial charge in [-0.15, -0.1) is 0 Å². The highest BCUT2D eigenvalue weighted by Gasteiger charge is 2.01. The van der Waals surface area contributed by atoms with Crippen LogP contribution < -0.4 is 3.79 Å². The second-order valence-electron chi connectivity index (χ2n) is 2.54. The van der Waals surface area contributed by atoms with Gasteiger partial charge < -0.3 is 3.79 Å². The number of hydrogen-bond acceptors (Lipinski definition) is 2. The first-order valence-corrected chi connectivity index (χ1v) is 6.06. The van der Waals surface area contributed by atoms with Crippen molar-refractivity contribution in [3.63, 3.8) is 0 Å². The van der Waals surface area contributed by atoms with Gasteiger partial charge in [0.15, 0.2) is 0 Å². The lowest BCUT2D eigenvalue weighted by molar-refractivity contribution is 0.616. The van der Waals surface area contributed by atoms with Gasteiger partial charge >= 0.3 is 14.6 Å². The predicted octanol–water partition coefficient (Wildman–Crippen LogP) is 2.39. The summed E-state index contributed by atoms with van der Waals surface area (Å²) in [5, 5.41) is 1.07. The Morgan fingerprint density at radius 1 is 1.23 bits per heavy atom. The minimum atomic E-state index is -0.505. The van der Waals surface area contributed by atoms with Crippen molar-refractivity contribution in [2.75, 3.05) is 0 Å². The number of fused-ring (bicyclic) bond motifs is 1. The number of aromatic nitrogens is 1. The zero-order valence-electron chi connectivity index (χ0n) is 6.77. The largest absolute Gasteiger partial charge is 0.673 e. The molecule has 0 aliphatic carbocycles. The molecule has 0 N–H and O–H groups in total. The van der Waals surface area contributed by atoms with Crippen LogP contribution in [0, 0.1) is 0 Å². The zero-order valence-corrected chi connectivity index (χ0v) is 8.69. The summed E-state index contributed by atoms with van der Waals surface area (Å²) in [5.74, 6) is 0.767. The summed E-state index contributed by atoms with van der Waals surface area (Å²) in [6, 6.07) is 9.72. The van der Waals surface area contributed by atoms with E-state index >= 15 is 0 Å². The number of para-hydroxylation sites is 1. The molecule has 0 saturated heterocycles. The van der Waals surface area contributed by atoms with Crippen LogP contribution in [0.4, 0.5) is 0 Å². The fraction of sp³-hybridized carbons (Fsp3) is 0. The fourth-order valence-corrected chi connectivity index (χ4v) is 1.79. The van der Waals surface area contributed by atoms with E-state index in [9.17, 15) is 0 Å². The normalized spacial score (nSPS) is 9.92. The summed E-state index contributed by atoms with van der Waals surface area (Å²) < 4.78 is 5.31. The van der Waals surface area contributed by atoms with Gasteiger partial charge in [0.2, 0.25) is 0 Å². The number of benzene rings is 1. The van der Waals surface area contributed by atoms with E-state index in [-0.39, 0.29) is 0 Å². The number of nitrogens with zero attached hydrogens (tertiary/aromatic N) is 1. The van der Waals surface area contributed by atoms with Crippen molar-refractivity contribution in [3.05, 3.63) is 36.5 Å². The maximum atomic E-state index is 5.57. The molecule has 13 heavy (non-hydrogen) atoms. The van der Waals surface area contributed by atoms with E-state index in [1.807, 2.05) is 30.3 Å². The van der Waals surface area contributed by atoms with Gasteiger partial charge in [0.1, 0.15) is 11.3 Å². The van der Waals surface area contributed by atoms with Gasteiger partial charge in [-0.2, -0.15) is 0 Å². The van der Waals surface area contributed by atoms with E-state index < -0.39 is 14.6 Å². The lowest BCUT2D eigenvalue weighted by atomic mass is 10.2. The van der Waals surface area contributed by atoms with Crippen LogP contribution in [-0.2, 0) is 0 Å². The molecule has 2 nitrogen and oxygen atoms in total. The van der Waals surface area contributed by atoms with Gasteiger partial charge in [-0.05, 0) is 12.1 Å². The summed E-state index contributed by atoms with van der Waals surface area (Å²) in [5.41, 5.74) is 0.873. The lowest BCUT2D eigenvalue weighted by Crippen LogP contribution is -1.94.